The molecule has 2 aromatic carbocycles. The number of hydrogen-bond acceptors (Lipinski definition) is 5. The highest BCUT2D eigenvalue weighted by Gasteiger charge is 2.12. The van der Waals surface area contributed by atoms with Crippen molar-refractivity contribution in [3.63, 3.8) is 0 Å². The lowest BCUT2D eigenvalue weighted by Crippen LogP contribution is -2.01. The molecule has 134 valence electrons. The molecule has 1 N–H and O–H groups in total. The van der Waals surface area contributed by atoms with Crippen molar-refractivity contribution in [1.82, 2.24) is 4.98 Å². The molecule has 0 saturated carbocycles. The van der Waals surface area contributed by atoms with Crippen molar-refractivity contribution in [3.05, 3.63) is 60.0 Å². The third kappa shape index (κ3) is 3.97. The standard InChI is InChI=1S/C18H14FNO5S/c1-26(23,24)14-4-5-17(20-10-14)25-16-7-11(8-18(21)22)6-12-2-3-13(19)9-15(12)16/h2-7,9-10H,8H2,1H3,(H,21,22). The summed E-state index contributed by atoms with van der Waals surface area (Å²) in [7, 11) is -3.39. The summed E-state index contributed by atoms with van der Waals surface area (Å²) in [5.74, 6) is -1.13. The highest BCUT2D eigenvalue weighted by atomic mass is 32.2. The average molecular weight is 375 g/mol. The lowest BCUT2D eigenvalue weighted by molar-refractivity contribution is -0.136. The fourth-order valence-corrected chi connectivity index (χ4v) is 3.03. The quantitative estimate of drug-likeness (QED) is 0.736. The number of carboxylic acid groups (broad SMARTS) is 1. The Morgan fingerprint density at radius 2 is 1.96 bits per heavy atom. The SMILES string of the molecule is CS(=O)(=O)c1ccc(Oc2cc(CC(=O)O)cc3ccc(F)cc23)nc1. The van der Waals surface area contributed by atoms with E-state index in [0.717, 1.165) is 12.5 Å². The molecule has 1 heterocycles. The van der Waals surface area contributed by atoms with Crippen LogP contribution in [0.4, 0.5) is 4.39 Å². The van der Waals surface area contributed by atoms with Gasteiger partial charge in [-0.05, 0) is 35.2 Å². The smallest absolute Gasteiger partial charge is 0.307 e. The minimum absolute atomic E-state index is 0.0420. The molecule has 0 aliphatic heterocycles. The number of halogens is 1. The van der Waals surface area contributed by atoms with Crippen molar-refractivity contribution in [2.24, 2.45) is 0 Å². The predicted molar refractivity (Wildman–Crippen MR) is 92.7 cm³/mol. The zero-order valence-corrected chi connectivity index (χ0v) is 14.5. The van der Waals surface area contributed by atoms with E-state index in [9.17, 15) is 17.6 Å². The van der Waals surface area contributed by atoms with Crippen molar-refractivity contribution in [2.75, 3.05) is 6.26 Å². The maximum atomic E-state index is 13.6. The molecule has 0 fully saturated rings. The first-order chi connectivity index (χ1) is 12.2. The van der Waals surface area contributed by atoms with E-state index in [0.29, 0.717) is 16.3 Å². The molecule has 0 radical (unpaired) electrons. The summed E-state index contributed by atoms with van der Waals surface area (Å²) in [6, 6.07) is 9.96. The molecule has 0 saturated heterocycles. The number of nitrogens with zero attached hydrogens (tertiary/aromatic N) is 1. The van der Waals surface area contributed by atoms with Crippen LogP contribution in [-0.4, -0.2) is 30.7 Å². The molecule has 26 heavy (non-hydrogen) atoms. The van der Waals surface area contributed by atoms with Crippen LogP contribution < -0.4 is 4.74 Å². The average Bonchev–Trinajstić information content (AvgIpc) is 2.54. The van der Waals surface area contributed by atoms with E-state index >= 15 is 0 Å². The monoisotopic (exact) mass is 375 g/mol. The van der Waals surface area contributed by atoms with Crippen LogP contribution in [0, 0.1) is 5.82 Å². The van der Waals surface area contributed by atoms with Gasteiger partial charge in [0.15, 0.2) is 9.84 Å². The molecule has 0 aliphatic carbocycles. The van der Waals surface area contributed by atoms with Crippen LogP contribution in [-0.2, 0) is 21.1 Å². The zero-order chi connectivity index (χ0) is 18.9. The molecule has 0 spiro atoms. The summed E-state index contributed by atoms with van der Waals surface area (Å²) in [5, 5.41) is 10.1. The number of ether oxygens (including phenoxy) is 1. The van der Waals surface area contributed by atoms with Crippen molar-refractivity contribution >= 4 is 26.6 Å². The summed E-state index contributed by atoms with van der Waals surface area (Å²) in [5.41, 5.74) is 0.486. The van der Waals surface area contributed by atoms with E-state index in [1.54, 1.807) is 6.07 Å². The summed E-state index contributed by atoms with van der Waals surface area (Å²) in [6.07, 6.45) is 2.01. The molecule has 1 aromatic heterocycles. The van der Waals surface area contributed by atoms with E-state index in [1.165, 1.54) is 36.4 Å². The molecule has 0 atom stereocenters. The number of pyridine rings is 1. The van der Waals surface area contributed by atoms with Gasteiger partial charge in [-0.1, -0.05) is 12.1 Å². The Balaban J connectivity index is 2.04. The fourth-order valence-electron chi connectivity index (χ4n) is 2.48. The minimum Gasteiger partial charge on any atom is -0.481 e. The lowest BCUT2D eigenvalue weighted by Gasteiger charge is -2.11. The summed E-state index contributed by atoms with van der Waals surface area (Å²) in [4.78, 5) is 15.0. The molecular formula is C18H14FNO5S. The van der Waals surface area contributed by atoms with E-state index in [4.69, 9.17) is 9.84 Å². The van der Waals surface area contributed by atoms with Crippen molar-refractivity contribution in [2.45, 2.75) is 11.3 Å². The molecule has 0 aliphatic rings. The highest BCUT2D eigenvalue weighted by molar-refractivity contribution is 7.90. The molecule has 8 heteroatoms. The molecule has 3 rings (SSSR count). The first-order valence-electron chi connectivity index (χ1n) is 7.50. The summed E-state index contributed by atoms with van der Waals surface area (Å²) in [6.45, 7) is 0. The zero-order valence-electron chi connectivity index (χ0n) is 13.6. The van der Waals surface area contributed by atoms with Gasteiger partial charge in [-0.2, -0.15) is 0 Å². The number of benzene rings is 2. The number of fused-ring (bicyclic) bond motifs is 1. The van der Waals surface area contributed by atoms with Crippen LogP contribution in [0.2, 0.25) is 0 Å². The second-order valence-electron chi connectivity index (χ2n) is 5.74. The van der Waals surface area contributed by atoms with Gasteiger partial charge in [0.2, 0.25) is 5.88 Å². The summed E-state index contributed by atoms with van der Waals surface area (Å²) >= 11 is 0. The second-order valence-corrected chi connectivity index (χ2v) is 7.75. The van der Waals surface area contributed by atoms with E-state index in [1.807, 2.05) is 0 Å². The van der Waals surface area contributed by atoms with Crippen LogP contribution in [0.1, 0.15) is 5.56 Å². The number of hydrogen-bond donors (Lipinski definition) is 1. The van der Waals surface area contributed by atoms with Crippen LogP contribution in [0.15, 0.2) is 53.6 Å². The normalized spacial score (nSPS) is 11.5. The van der Waals surface area contributed by atoms with Crippen molar-refractivity contribution in [3.8, 4) is 11.6 Å². The van der Waals surface area contributed by atoms with Crippen LogP contribution >= 0.6 is 0 Å². The Labute approximate surface area is 148 Å². The lowest BCUT2D eigenvalue weighted by atomic mass is 10.0. The van der Waals surface area contributed by atoms with Crippen LogP contribution in [0.5, 0.6) is 11.6 Å². The van der Waals surface area contributed by atoms with Crippen LogP contribution in [0.3, 0.4) is 0 Å². The topological polar surface area (TPSA) is 93.6 Å². The van der Waals surface area contributed by atoms with Gasteiger partial charge in [0, 0.05) is 23.9 Å². The van der Waals surface area contributed by atoms with Crippen molar-refractivity contribution < 1.29 is 27.4 Å². The minimum atomic E-state index is -3.39. The number of aromatic nitrogens is 1. The number of rotatable bonds is 5. The molecular weight excluding hydrogens is 361 g/mol. The third-order valence-electron chi connectivity index (χ3n) is 3.65. The van der Waals surface area contributed by atoms with E-state index in [2.05, 4.69) is 4.98 Å². The van der Waals surface area contributed by atoms with Crippen molar-refractivity contribution in [1.29, 1.82) is 0 Å². The Bertz CT molecular complexity index is 1090. The Hall–Kier alpha value is -3.00. The molecule has 0 unspecified atom stereocenters. The second kappa shape index (κ2) is 6.72. The highest BCUT2D eigenvalue weighted by Crippen LogP contribution is 2.32. The van der Waals surface area contributed by atoms with Gasteiger partial charge >= 0.3 is 5.97 Å². The molecule has 0 bridgehead atoms. The number of aliphatic carboxylic acids is 1. The van der Waals surface area contributed by atoms with Gasteiger partial charge < -0.3 is 9.84 Å². The van der Waals surface area contributed by atoms with Crippen LogP contribution in [0.25, 0.3) is 10.8 Å². The maximum absolute atomic E-state index is 13.6. The Morgan fingerprint density at radius 3 is 2.58 bits per heavy atom. The van der Waals surface area contributed by atoms with E-state index < -0.39 is 21.6 Å². The molecule has 3 aromatic rings. The molecule has 0 amide bonds. The van der Waals surface area contributed by atoms with Gasteiger partial charge in [-0.25, -0.2) is 17.8 Å². The maximum Gasteiger partial charge on any atom is 0.307 e. The number of carboxylic acids is 1. The van der Waals surface area contributed by atoms with Gasteiger partial charge in [-0.15, -0.1) is 0 Å². The van der Waals surface area contributed by atoms with Gasteiger partial charge in [-0.3, -0.25) is 4.79 Å². The third-order valence-corrected chi connectivity index (χ3v) is 4.74. The Kier molecular flexibility index (Phi) is 4.60. The summed E-state index contributed by atoms with van der Waals surface area (Å²) < 4.78 is 42.3. The fraction of sp³-hybridized carbons (Fsp3) is 0.111. The van der Waals surface area contributed by atoms with Gasteiger partial charge in [0.25, 0.3) is 0 Å². The van der Waals surface area contributed by atoms with E-state index in [-0.39, 0.29) is 22.9 Å². The first kappa shape index (κ1) is 17.8. The largest absolute Gasteiger partial charge is 0.481 e. The molecule has 6 nitrogen and oxygen atoms in total. The first-order valence-corrected chi connectivity index (χ1v) is 9.39. The van der Waals surface area contributed by atoms with Gasteiger partial charge in [0.1, 0.15) is 11.6 Å². The number of sulfone groups is 1. The number of carbonyl (C=O) groups is 1. The Morgan fingerprint density at radius 1 is 1.19 bits per heavy atom. The van der Waals surface area contributed by atoms with Gasteiger partial charge in [0.05, 0.1) is 11.3 Å². The predicted octanol–water partition coefficient (Wildman–Crippen LogP) is 3.20.